The zero-order valence-corrected chi connectivity index (χ0v) is 8.55. The van der Waals surface area contributed by atoms with Gasteiger partial charge in [-0.3, -0.25) is 4.79 Å². The monoisotopic (exact) mass is 197 g/mol. The third kappa shape index (κ3) is 2.08. The van der Waals surface area contributed by atoms with Gasteiger partial charge in [0.25, 0.3) is 0 Å². The molecule has 1 fully saturated rings. The predicted octanol–water partition coefficient (Wildman–Crippen LogP) is 2.37. The van der Waals surface area contributed by atoms with Crippen molar-refractivity contribution in [2.75, 3.05) is 5.75 Å². The second-order valence-electron chi connectivity index (χ2n) is 3.69. The minimum Gasteiger partial charge on any atom is -0.315 e. The lowest BCUT2D eigenvalue weighted by Crippen LogP contribution is -2.39. The molecule has 1 heterocycles. The first-order chi connectivity index (χ1) is 6.38. The summed E-state index contributed by atoms with van der Waals surface area (Å²) in [5.74, 6) is 0.923. The molecule has 1 aliphatic heterocycles. The summed E-state index contributed by atoms with van der Waals surface area (Å²) in [5, 5.41) is 2.04. The molecule has 0 N–H and O–H groups in total. The van der Waals surface area contributed by atoms with E-state index in [9.17, 15) is 4.79 Å². The first-order valence-electron chi connectivity index (χ1n) is 4.97. The van der Waals surface area contributed by atoms with Crippen LogP contribution in [0.5, 0.6) is 0 Å². The molecule has 0 atom stereocenters. The smallest absolute Gasteiger partial charge is 0.237 e. The van der Waals surface area contributed by atoms with Gasteiger partial charge in [0.1, 0.15) is 0 Å². The number of hydrogen-bond donors (Lipinski definition) is 0. The van der Waals surface area contributed by atoms with E-state index < -0.39 is 0 Å². The maximum atomic E-state index is 11.5. The normalized spacial score (nSPS) is 25.2. The molecule has 1 amide bonds. The van der Waals surface area contributed by atoms with Crippen LogP contribution in [0.2, 0.25) is 0 Å². The molecule has 0 aromatic rings. The zero-order valence-electron chi connectivity index (χ0n) is 7.74. The number of carbonyl (C=O) groups excluding carboxylic acids is 1. The van der Waals surface area contributed by atoms with E-state index in [-0.39, 0.29) is 0 Å². The summed E-state index contributed by atoms with van der Waals surface area (Å²) in [6.45, 7) is 0. The molecule has 2 rings (SSSR count). The Hall–Kier alpha value is -0.440. The number of thioether (sulfide) groups is 1. The highest BCUT2D eigenvalue weighted by Crippen LogP contribution is 2.25. The highest BCUT2D eigenvalue weighted by Gasteiger charge is 2.24. The first-order valence-corrected chi connectivity index (χ1v) is 6.02. The summed E-state index contributed by atoms with van der Waals surface area (Å²) < 4.78 is 0. The van der Waals surface area contributed by atoms with Gasteiger partial charge in [-0.25, -0.2) is 0 Å². The van der Waals surface area contributed by atoms with Gasteiger partial charge < -0.3 is 4.90 Å². The summed E-state index contributed by atoms with van der Waals surface area (Å²) in [7, 11) is 0. The van der Waals surface area contributed by atoms with Gasteiger partial charge in [-0.2, -0.15) is 0 Å². The highest BCUT2D eigenvalue weighted by atomic mass is 32.2. The van der Waals surface area contributed by atoms with E-state index in [0.717, 1.165) is 0 Å². The first kappa shape index (κ1) is 9.13. The van der Waals surface area contributed by atoms with Gasteiger partial charge in [-0.15, -0.1) is 11.8 Å². The third-order valence-corrected chi connectivity index (χ3v) is 3.51. The molecule has 2 aliphatic rings. The molecule has 1 aliphatic carbocycles. The molecule has 3 heteroatoms. The van der Waals surface area contributed by atoms with E-state index in [1.54, 1.807) is 11.8 Å². The molecule has 0 radical (unpaired) electrons. The Morgan fingerprint density at radius 3 is 2.77 bits per heavy atom. The van der Waals surface area contributed by atoms with E-state index in [4.69, 9.17) is 0 Å². The fourth-order valence-electron chi connectivity index (χ4n) is 2.07. The lowest BCUT2D eigenvalue weighted by molar-refractivity contribution is -0.128. The fraction of sp³-hybridized carbons (Fsp3) is 0.700. The van der Waals surface area contributed by atoms with Gasteiger partial charge in [-0.1, -0.05) is 19.3 Å². The van der Waals surface area contributed by atoms with Crippen LogP contribution in [-0.4, -0.2) is 22.6 Å². The van der Waals surface area contributed by atoms with E-state index in [0.29, 0.717) is 17.7 Å². The van der Waals surface area contributed by atoms with Crippen molar-refractivity contribution in [1.82, 2.24) is 4.90 Å². The van der Waals surface area contributed by atoms with E-state index in [1.165, 1.54) is 32.1 Å². The second kappa shape index (κ2) is 4.18. The Bertz CT molecular complexity index is 221. The number of nitrogens with zero attached hydrogens (tertiary/aromatic N) is 1. The molecule has 2 nitrogen and oxygen atoms in total. The number of hydrogen-bond acceptors (Lipinski definition) is 2. The van der Waals surface area contributed by atoms with Gasteiger partial charge in [0, 0.05) is 12.2 Å². The highest BCUT2D eigenvalue weighted by molar-refractivity contribution is 8.02. The fourth-order valence-corrected chi connectivity index (χ4v) is 2.68. The van der Waals surface area contributed by atoms with E-state index in [2.05, 4.69) is 0 Å². The summed E-state index contributed by atoms with van der Waals surface area (Å²) in [5.41, 5.74) is 0. The van der Waals surface area contributed by atoms with Gasteiger partial charge in [0.2, 0.25) is 5.91 Å². The predicted molar refractivity (Wildman–Crippen MR) is 55.3 cm³/mol. The van der Waals surface area contributed by atoms with Gasteiger partial charge >= 0.3 is 0 Å². The minimum atomic E-state index is 0.291. The Kier molecular flexibility index (Phi) is 2.94. The molecule has 13 heavy (non-hydrogen) atoms. The van der Waals surface area contributed by atoms with E-state index >= 15 is 0 Å². The van der Waals surface area contributed by atoms with E-state index in [1.807, 2.05) is 16.5 Å². The number of carbonyl (C=O) groups is 1. The van der Waals surface area contributed by atoms with Crippen molar-refractivity contribution < 1.29 is 4.79 Å². The lowest BCUT2D eigenvalue weighted by Gasteiger charge is -2.33. The van der Waals surface area contributed by atoms with Crippen molar-refractivity contribution in [3.05, 3.63) is 11.6 Å². The molecule has 0 spiro atoms. The van der Waals surface area contributed by atoms with Crippen LogP contribution in [-0.2, 0) is 4.79 Å². The van der Waals surface area contributed by atoms with Gasteiger partial charge in [0.15, 0.2) is 0 Å². The molecule has 0 unspecified atom stereocenters. The van der Waals surface area contributed by atoms with Crippen molar-refractivity contribution in [2.24, 2.45) is 0 Å². The average molecular weight is 197 g/mol. The van der Waals surface area contributed by atoms with Gasteiger partial charge in [0.05, 0.1) is 5.75 Å². The molecule has 0 saturated heterocycles. The molecular weight excluding hydrogens is 182 g/mol. The van der Waals surface area contributed by atoms with Crippen LogP contribution in [0.25, 0.3) is 0 Å². The number of rotatable bonds is 1. The second-order valence-corrected chi connectivity index (χ2v) is 4.58. The van der Waals surface area contributed by atoms with Crippen LogP contribution in [0, 0.1) is 0 Å². The van der Waals surface area contributed by atoms with Gasteiger partial charge in [-0.05, 0) is 18.2 Å². The largest absolute Gasteiger partial charge is 0.315 e. The van der Waals surface area contributed by atoms with Crippen LogP contribution in [0.4, 0.5) is 0 Å². The molecular formula is C10H15NOS. The van der Waals surface area contributed by atoms with Crippen molar-refractivity contribution in [3.8, 4) is 0 Å². The number of amides is 1. The summed E-state index contributed by atoms with van der Waals surface area (Å²) >= 11 is 1.60. The van der Waals surface area contributed by atoms with Crippen LogP contribution in [0.3, 0.4) is 0 Å². The average Bonchev–Trinajstić information content (AvgIpc) is 2.20. The Morgan fingerprint density at radius 2 is 2.08 bits per heavy atom. The van der Waals surface area contributed by atoms with Crippen LogP contribution >= 0.6 is 11.8 Å². The summed E-state index contributed by atoms with van der Waals surface area (Å²) in [4.78, 5) is 13.5. The summed E-state index contributed by atoms with van der Waals surface area (Å²) in [6, 6.07) is 0.499. The zero-order chi connectivity index (χ0) is 9.10. The Morgan fingerprint density at radius 1 is 1.31 bits per heavy atom. The summed E-state index contributed by atoms with van der Waals surface area (Å²) in [6.07, 6.45) is 8.27. The third-order valence-electron chi connectivity index (χ3n) is 2.78. The van der Waals surface area contributed by atoms with Crippen molar-refractivity contribution >= 4 is 17.7 Å². The molecule has 0 aromatic carbocycles. The van der Waals surface area contributed by atoms with Crippen LogP contribution < -0.4 is 0 Å². The Balaban J connectivity index is 2.00. The van der Waals surface area contributed by atoms with Crippen molar-refractivity contribution in [3.63, 3.8) is 0 Å². The molecule has 0 aromatic heterocycles. The maximum Gasteiger partial charge on any atom is 0.237 e. The molecule has 72 valence electrons. The van der Waals surface area contributed by atoms with Crippen molar-refractivity contribution in [2.45, 2.75) is 38.1 Å². The van der Waals surface area contributed by atoms with Crippen LogP contribution in [0.15, 0.2) is 11.6 Å². The lowest BCUT2D eigenvalue weighted by atomic mass is 9.94. The maximum absolute atomic E-state index is 11.5. The standard InChI is InChI=1S/C10H15NOS/c12-10-8-13-7-6-11(10)9-4-2-1-3-5-9/h6-7,9H,1-5,8H2. The SMILES string of the molecule is O=C1CSC=CN1C1CCCCC1. The minimum absolute atomic E-state index is 0.291. The van der Waals surface area contributed by atoms with Crippen LogP contribution in [0.1, 0.15) is 32.1 Å². The quantitative estimate of drug-likeness (QED) is 0.643. The topological polar surface area (TPSA) is 20.3 Å². The van der Waals surface area contributed by atoms with Crippen molar-refractivity contribution in [1.29, 1.82) is 0 Å². The Labute approximate surface area is 83.4 Å². The molecule has 0 bridgehead atoms. The molecule has 1 saturated carbocycles.